The lowest BCUT2D eigenvalue weighted by molar-refractivity contribution is 0.332. The van der Waals surface area contributed by atoms with Gasteiger partial charge < -0.3 is 24.4 Å². The second-order valence-electron chi connectivity index (χ2n) is 7.43. The number of methoxy groups -OCH3 is 4. The predicted molar refractivity (Wildman–Crippen MR) is 128 cm³/mol. The van der Waals surface area contributed by atoms with Crippen LogP contribution in [0.5, 0.6) is 23.0 Å². The average molecular weight is 483 g/mol. The molecule has 0 fully saturated rings. The van der Waals surface area contributed by atoms with Crippen LogP contribution in [0.15, 0.2) is 77.7 Å². The maximum atomic E-state index is 13.7. The van der Waals surface area contributed by atoms with E-state index in [2.05, 4.69) is 5.43 Å². The highest BCUT2D eigenvalue weighted by Crippen LogP contribution is 2.41. The molecule has 1 unspecified atom stereocenters. The van der Waals surface area contributed by atoms with Crippen LogP contribution in [-0.4, -0.2) is 41.3 Å². The van der Waals surface area contributed by atoms with Crippen LogP contribution < -0.4 is 24.4 Å². The molecule has 178 valence electrons. The van der Waals surface area contributed by atoms with Crippen molar-refractivity contribution in [2.24, 2.45) is 0 Å². The SMILES string of the molecule is COc1ccc(OC)c(C2C=C(c3ccc(OC)c(OC)c3)NN2S(=O)(=O)c2ccccc2)c1. The summed E-state index contributed by atoms with van der Waals surface area (Å²) >= 11 is 0. The minimum absolute atomic E-state index is 0.163. The monoisotopic (exact) mass is 482 g/mol. The first kappa shape index (κ1) is 23.5. The van der Waals surface area contributed by atoms with E-state index in [0.717, 1.165) is 5.56 Å². The molecule has 0 saturated carbocycles. The molecule has 1 heterocycles. The van der Waals surface area contributed by atoms with Gasteiger partial charge in [0.1, 0.15) is 11.5 Å². The van der Waals surface area contributed by atoms with Crippen LogP contribution in [0.25, 0.3) is 5.70 Å². The minimum atomic E-state index is -3.93. The molecule has 9 heteroatoms. The molecule has 1 N–H and O–H groups in total. The number of benzene rings is 3. The Bertz CT molecular complexity index is 1310. The van der Waals surface area contributed by atoms with Crippen molar-refractivity contribution in [3.8, 4) is 23.0 Å². The van der Waals surface area contributed by atoms with Crippen LogP contribution in [-0.2, 0) is 10.0 Å². The maximum absolute atomic E-state index is 13.7. The molecule has 0 radical (unpaired) electrons. The van der Waals surface area contributed by atoms with E-state index in [1.807, 2.05) is 12.1 Å². The Labute approximate surface area is 199 Å². The molecule has 34 heavy (non-hydrogen) atoms. The standard InChI is InChI=1S/C25H26N2O6S/c1-30-18-11-13-23(31-2)20(15-18)22-16-21(17-10-12-24(32-3)25(14-17)33-4)26-27(22)34(28,29)19-8-6-5-7-9-19/h5-16,22,26H,1-4H3. The lowest BCUT2D eigenvalue weighted by Crippen LogP contribution is -2.39. The summed E-state index contributed by atoms with van der Waals surface area (Å²) in [5.74, 6) is 2.22. The molecule has 3 aromatic carbocycles. The van der Waals surface area contributed by atoms with E-state index in [1.165, 1.54) is 4.41 Å². The van der Waals surface area contributed by atoms with Gasteiger partial charge in [0.05, 0.1) is 45.1 Å². The fourth-order valence-electron chi connectivity index (χ4n) is 3.82. The molecular weight excluding hydrogens is 456 g/mol. The molecule has 1 aliphatic rings. The van der Waals surface area contributed by atoms with E-state index < -0.39 is 16.1 Å². The molecule has 0 bridgehead atoms. The van der Waals surface area contributed by atoms with Crippen LogP contribution in [0, 0.1) is 0 Å². The van der Waals surface area contributed by atoms with Crippen molar-refractivity contribution in [3.05, 3.63) is 83.9 Å². The van der Waals surface area contributed by atoms with E-state index in [1.54, 1.807) is 89.1 Å². The Kier molecular flexibility index (Phi) is 6.67. The number of hydrazine groups is 1. The highest BCUT2D eigenvalue weighted by molar-refractivity contribution is 7.89. The van der Waals surface area contributed by atoms with Crippen molar-refractivity contribution in [1.29, 1.82) is 0 Å². The molecular formula is C25H26N2O6S. The highest BCUT2D eigenvalue weighted by Gasteiger charge is 2.38. The summed E-state index contributed by atoms with van der Waals surface area (Å²) in [5.41, 5.74) is 5.04. The van der Waals surface area contributed by atoms with Crippen molar-refractivity contribution in [1.82, 2.24) is 9.84 Å². The molecule has 4 rings (SSSR count). The molecule has 0 aromatic heterocycles. The predicted octanol–water partition coefficient (Wildman–Crippen LogP) is 4.01. The number of sulfonamides is 1. The average Bonchev–Trinajstić information content (AvgIpc) is 3.34. The quantitative estimate of drug-likeness (QED) is 0.519. The fraction of sp³-hybridized carbons (Fsp3) is 0.200. The van der Waals surface area contributed by atoms with Gasteiger partial charge in [-0.1, -0.05) is 18.2 Å². The second kappa shape index (κ2) is 9.66. The molecule has 0 amide bonds. The highest BCUT2D eigenvalue weighted by atomic mass is 32.2. The number of ether oxygens (including phenoxy) is 4. The van der Waals surface area contributed by atoms with Crippen LogP contribution >= 0.6 is 0 Å². The second-order valence-corrected chi connectivity index (χ2v) is 9.24. The fourth-order valence-corrected chi connectivity index (χ4v) is 5.24. The number of rotatable bonds is 8. The third kappa shape index (κ3) is 4.27. The Morgan fingerprint density at radius 3 is 2.09 bits per heavy atom. The zero-order valence-corrected chi connectivity index (χ0v) is 20.1. The zero-order valence-electron chi connectivity index (χ0n) is 19.3. The van der Waals surface area contributed by atoms with Crippen LogP contribution in [0.3, 0.4) is 0 Å². The Morgan fingerprint density at radius 1 is 0.765 bits per heavy atom. The first-order chi connectivity index (χ1) is 16.4. The lowest BCUT2D eigenvalue weighted by atomic mass is 10.0. The molecule has 0 aliphatic carbocycles. The molecule has 1 atom stereocenters. The molecule has 0 saturated heterocycles. The zero-order chi connectivity index (χ0) is 24.3. The largest absolute Gasteiger partial charge is 0.497 e. The minimum Gasteiger partial charge on any atom is -0.497 e. The number of nitrogens with one attached hydrogen (secondary N) is 1. The van der Waals surface area contributed by atoms with Gasteiger partial charge in [0.2, 0.25) is 0 Å². The summed E-state index contributed by atoms with van der Waals surface area (Å²) in [6.45, 7) is 0. The first-order valence-electron chi connectivity index (χ1n) is 10.4. The summed E-state index contributed by atoms with van der Waals surface area (Å²) in [4.78, 5) is 0.163. The smallest absolute Gasteiger partial charge is 0.260 e. The van der Waals surface area contributed by atoms with Gasteiger partial charge >= 0.3 is 0 Å². The third-order valence-corrected chi connectivity index (χ3v) is 7.26. The third-order valence-electron chi connectivity index (χ3n) is 5.56. The number of nitrogens with zero attached hydrogens (tertiary/aromatic N) is 1. The van der Waals surface area contributed by atoms with Crippen LogP contribution in [0.2, 0.25) is 0 Å². The van der Waals surface area contributed by atoms with Gasteiger partial charge in [-0.25, -0.2) is 8.42 Å². The summed E-state index contributed by atoms with van der Waals surface area (Å²) in [6, 6.07) is 18.2. The van der Waals surface area contributed by atoms with Gasteiger partial charge in [0.25, 0.3) is 10.0 Å². The van der Waals surface area contributed by atoms with Crippen molar-refractivity contribution in [3.63, 3.8) is 0 Å². The van der Waals surface area contributed by atoms with Gasteiger partial charge in [0.15, 0.2) is 11.5 Å². The number of hydrogen-bond acceptors (Lipinski definition) is 7. The van der Waals surface area contributed by atoms with Crippen molar-refractivity contribution in [2.45, 2.75) is 10.9 Å². The van der Waals surface area contributed by atoms with Crippen molar-refractivity contribution < 1.29 is 27.4 Å². The molecule has 0 spiro atoms. The van der Waals surface area contributed by atoms with Crippen LogP contribution in [0.4, 0.5) is 0 Å². The topological polar surface area (TPSA) is 86.3 Å². The molecule has 3 aromatic rings. The molecule has 8 nitrogen and oxygen atoms in total. The van der Waals surface area contributed by atoms with E-state index in [0.29, 0.717) is 34.3 Å². The lowest BCUT2D eigenvalue weighted by Gasteiger charge is -2.26. The first-order valence-corrected chi connectivity index (χ1v) is 11.9. The summed E-state index contributed by atoms with van der Waals surface area (Å²) in [6.07, 6.45) is 1.83. The van der Waals surface area contributed by atoms with E-state index in [4.69, 9.17) is 18.9 Å². The summed E-state index contributed by atoms with van der Waals surface area (Å²) < 4.78 is 50.3. The van der Waals surface area contributed by atoms with Crippen LogP contribution in [0.1, 0.15) is 17.2 Å². The van der Waals surface area contributed by atoms with E-state index in [9.17, 15) is 8.42 Å². The number of hydrogen-bond donors (Lipinski definition) is 1. The van der Waals surface area contributed by atoms with Gasteiger partial charge in [-0.05, 0) is 54.6 Å². The van der Waals surface area contributed by atoms with Crippen molar-refractivity contribution in [2.75, 3.05) is 28.4 Å². The van der Waals surface area contributed by atoms with E-state index >= 15 is 0 Å². The van der Waals surface area contributed by atoms with Crippen molar-refractivity contribution >= 4 is 15.7 Å². The van der Waals surface area contributed by atoms with Gasteiger partial charge in [-0.3, -0.25) is 0 Å². The Morgan fingerprint density at radius 2 is 1.44 bits per heavy atom. The van der Waals surface area contributed by atoms with Gasteiger partial charge in [-0.15, -0.1) is 4.41 Å². The van der Waals surface area contributed by atoms with E-state index in [-0.39, 0.29) is 4.90 Å². The Hall–Kier alpha value is -3.69. The summed E-state index contributed by atoms with van der Waals surface area (Å²) in [5, 5.41) is 0. The Balaban J connectivity index is 1.86. The maximum Gasteiger partial charge on any atom is 0.260 e. The molecule has 1 aliphatic heterocycles. The van der Waals surface area contributed by atoms with Gasteiger partial charge in [-0.2, -0.15) is 0 Å². The normalized spacial score (nSPS) is 15.9. The summed E-state index contributed by atoms with van der Waals surface area (Å²) in [7, 11) is 2.28. The van der Waals surface area contributed by atoms with Gasteiger partial charge in [0, 0.05) is 11.1 Å².